The Morgan fingerprint density at radius 2 is 2.00 bits per heavy atom. The number of methoxy groups -OCH3 is 1. The lowest BCUT2D eigenvalue weighted by atomic mass is 10.2. The SMILES string of the molecule is COCCNC(=O)c1cc(Nc2c(Cl)cccc2Cl)ccn1. The number of halogens is 2. The highest BCUT2D eigenvalue weighted by molar-refractivity contribution is 6.39. The lowest BCUT2D eigenvalue weighted by Gasteiger charge is -2.11. The third kappa shape index (κ3) is 4.34. The first-order valence-corrected chi connectivity index (χ1v) is 7.31. The Morgan fingerprint density at radius 1 is 1.27 bits per heavy atom. The number of aromatic nitrogens is 1. The van der Waals surface area contributed by atoms with Crippen molar-refractivity contribution in [3.63, 3.8) is 0 Å². The van der Waals surface area contributed by atoms with Gasteiger partial charge in [0.05, 0.1) is 22.3 Å². The Labute approximate surface area is 138 Å². The quantitative estimate of drug-likeness (QED) is 0.790. The third-order valence-corrected chi connectivity index (χ3v) is 3.45. The van der Waals surface area contributed by atoms with Crippen LogP contribution in [0.25, 0.3) is 0 Å². The number of hydrogen-bond donors (Lipinski definition) is 2. The van der Waals surface area contributed by atoms with Crippen LogP contribution in [0.15, 0.2) is 36.5 Å². The van der Waals surface area contributed by atoms with Gasteiger partial charge in [0.2, 0.25) is 0 Å². The van der Waals surface area contributed by atoms with E-state index in [1.54, 1.807) is 37.4 Å². The van der Waals surface area contributed by atoms with Crippen LogP contribution in [-0.4, -0.2) is 31.2 Å². The molecular weight excluding hydrogens is 325 g/mol. The third-order valence-electron chi connectivity index (χ3n) is 2.82. The van der Waals surface area contributed by atoms with Gasteiger partial charge in [-0.1, -0.05) is 29.3 Å². The van der Waals surface area contributed by atoms with Gasteiger partial charge in [-0.25, -0.2) is 0 Å². The van der Waals surface area contributed by atoms with Gasteiger partial charge < -0.3 is 15.4 Å². The maximum Gasteiger partial charge on any atom is 0.270 e. The van der Waals surface area contributed by atoms with Gasteiger partial charge in [0.15, 0.2) is 0 Å². The van der Waals surface area contributed by atoms with E-state index in [4.69, 9.17) is 27.9 Å². The van der Waals surface area contributed by atoms with Crippen molar-refractivity contribution in [2.24, 2.45) is 0 Å². The highest BCUT2D eigenvalue weighted by Gasteiger charge is 2.09. The van der Waals surface area contributed by atoms with Crippen molar-refractivity contribution in [3.8, 4) is 0 Å². The molecule has 1 aromatic carbocycles. The highest BCUT2D eigenvalue weighted by Crippen LogP contribution is 2.32. The van der Waals surface area contributed by atoms with E-state index in [1.807, 2.05) is 0 Å². The van der Waals surface area contributed by atoms with Gasteiger partial charge in [0.1, 0.15) is 5.69 Å². The number of amides is 1. The molecule has 0 aliphatic rings. The first-order chi connectivity index (χ1) is 10.6. The molecule has 0 saturated carbocycles. The topological polar surface area (TPSA) is 63.2 Å². The summed E-state index contributed by atoms with van der Waals surface area (Å²) in [4.78, 5) is 16.0. The van der Waals surface area contributed by atoms with Crippen molar-refractivity contribution in [2.75, 3.05) is 25.6 Å². The van der Waals surface area contributed by atoms with Crippen molar-refractivity contribution >= 4 is 40.5 Å². The Morgan fingerprint density at radius 3 is 2.68 bits per heavy atom. The molecule has 0 bridgehead atoms. The number of para-hydroxylation sites is 1. The second-order valence-corrected chi connectivity index (χ2v) is 5.21. The molecule has 0 aliphatic carbocycles. The van der Waals surface area contributed by atoms with Crippen molar-refractivity contribution in [1.29, 1.82) is 0 Å². The molecule has 2 rings (SSSR count). The number of pyridine rings is 1. The van der Waals surface area contributed by atoms with E-state index in [0.717, 1.165) is 0 Å². The van der Waals surface area contributed by atoms with Gasteiger partial charge in [-0.15, -0.1) is 0 Å². The minimum Gasteiger partial charge on any atom is -0.383 e. The fraction of sp³-hybridized carbons (Fsp3) is 0.200. The lowest BCUT2D eigenvalue weighted by molar-refractivity contribution is 0.0932. The first-order valence-electron chi connectivity index (χ1n) is 6.56. The molecule has 1 aromatic heterocycles. The van der Waals surface area contributed by atoms with E-state index in [0.29, 0.717) is 40.3 Å². The highest BCUT2D eigenvalue weighted by atomic mass is 35.5. The second-order valence-electron chi connectivity index (χ2n) is 4.40. The van der Waals surface area contributed by atoms with Crippen LogP contribution in [0.4, 0.5) is 11.4 Å². The zero-order valence-corrected chi connectivity index (χ0v) is 13.4. The van der Waals surface area contributed by atoms with Gasteiger partial charge in [-0.05, 0) is 24.3 Å². The van der Waals surface area contributed by atoms with Crippen molar-refractivity contribution in [2.45, 2.75) is 0 Å². The summed E-state index contributed by atoms with van der Waals surface area (Å²) in [5, 5.41) is 6.79. The Bertz CT molecular complexity index is 645. The van der Waals surface area contributed by atoms with Gasteiger partial charge in [0, 0.05) is 25.5 Å². The minimum absolute atomic E-state index is 0.272. The zero-order chi connectivity index (χ0) is 15.9. The molecule has 0 saturated heterocycles. The number of nitrogens with zero attached hydrogens (tertiary/aromatic N) is 1. The molecule has 0 fully saturated rings. The molecule has 5 nitrogen and oxygen atoms in total. The summed E-state index contributed by atoms with van der Waals surface area (Å²) >= 11 is 12.2. The lowest BCUT2D eigenvalue weighted by Crippen LogP contribution is -2.27. The molecular formula is C15H15Cl2N3O2. The van der Waals surface area contributed by atoms with Gasteiger partial charge in [-0.3, -0.25) is 9.78 Å². The molecule has 0 atom stereocenters. The smallest absolute Gasteiger partial charge is 0.270 e. The van der Waals surface area contributed by atoms with Crippen LogP contribution in [0.2, 0.25) is 10.0 Å². The molecule has 7 heteroatoms. The summed E-state index contributed by atoms with van der Waals surface area (Å²) in [6, 6.07) is 8.58. The van der Waals surface area contributed by atoms with Crippen molar-refractivity contribution < 1.29 is 9.53 Å². The number of ether oxygens (including phenoxy) is 1. The maximum atomic E-state index is 11.9. The first kappa shape index (κ1) is 16.5. The number of hydrogen-bond acceptors (Lipinski definition) is 4. The molecule has 1 heterocycles. The standard InChI is InChI=1S/C15H15Cl2N3O2/c1-22-8-7-19-15(21)13-9-10(5-6-18-13)20-14-11(16)3-2-4-12(14)17/h2-6,9H,7-8H2,1H3,(H,18,20)(H,19,21). The zero-order valence-electron chi connectivity index (χ0n) is 11.9. The number of nitrogens with one attached hydrogen (secondary N) is 2. The van der Waals surface area contributed by atoms with E-state index >= 15 is 0 Å². The largest absolute Gasteiger partial charge is 0.383 e. The van der Waals surface area contributed by atoms with Crippen LogP contribution >= 0.6 is 23.2 Å². The predicted molar refractivity (Wildman–Crippen MR) is 88.2 cm³/mol. The number of benzene rings is 1. The van der Waals surface area contributed by atoms with Crippen LogP contribution in [-0.2, 0) is 4.74 Å². The summed E-state index contributed by atoms with van der Waals surface area (Å²) in [5.41, 5.74) is 1.55. The van der Waals surface area contributed by atoms with Gasteiger partial charge >= 0.3 is 0 Å². The van der Waals surface area contributed by atoms with E-state index in [9.17, 15) is 4.79 Å². The summed E-state index contributed by atoms with van der Waals surface area (Å²) in [6.45, 7) is 0.865. The molecule has 2 aromatic rings. The molecule has 0 spiro atoms. The summed E-state index contributed by atoms with van der Waals surface area (Å²) in [5.74, 6) is -0.272. The average Bonchev–Trinajstić information content (AvgIpc) is 2.51. The summed E-state index contributed by atoms with van der Waals surface area (Å²) in [6.07, 6.45) is 1.54. The second kappa shape index (κ2) is 7.98. The predicted octanol–water partition coefficient (Wildman–Crippen LogP) is 3.51. The molecule has 116 valence electrons. The van der Waals surface area contributed by atoms with Crippen molar-refractivity contribution in [3.05, 3.63) is 52.3 Å². The Hall–Kier alpha value is -1.82. The van der Waals surface area contributed by atoms with Crippen LogP contribution in [0.5, 0.6) is 0 Å². The number of rotatable bonds is 6. The normalized spacial score (nSPS) is 10.3. The van der Waals surface area contributed by atoms with E-state index in [-0.39, 0.29) is 5.91 Å². The molecule has 0 unspecified atom stereocenters. The van der Waals surface area contributed by atoms with E-state index < -0.39 is 0 Å². The van der Waals surface area contributed by atoms with E-state index in [1.165, 1.54) is 6.20 Å². The average molecular weight is 340 g/mol. The van der Waals surface area contributed by atoms with Crippen molar-refractivity contribution in [1.82, 2.24) is 10.3 Å². The maximum absolute atomic E-state index is 11.9. The molecule has 0 aliphatic heterocycles. The number of carbonyl (C=O) groups is 1. The Balaban J connectivity index is 2.13. The molecule has 1 amide bonds. The number of carbonyl (C=O) groups excluding carboxylic acids is 1. The van der Waals surface area contributed by atoms with Gasteiger partial charge in [-0.2, -0.15) is 0 Å². The van der Waals surface area contributed by atoms with Crippen LogP contribution in [0, 0.1) is 0 Å². The fourth-order valence-electron chi connectivity index (χ4n) is 1.75. The fourth-order valence-corrected chi connectivity index (χ4v) is 2.24. The van der Waals surface area contributed by atoms with Crippen LogP contribution in [0.3, 0.4) is 0 Å². The summed E-state index contributed by atoms with van der Waals surface area (Å²) < 4.78 is 4.88. The Kier molecular flexibility index (Phi) is 6.00. The molecule has 0 radical (unpaired) electrons. The van der Waals surface area contributed by atoms with E-state index in [2.05, 4.69) is 15.6 Å². The van der Waals surface area contributed by atoms with Gasteiger partial charge in [0.25, 0.3) is 5.91 Å². The van der Waals surface area contributed by atoms with Crippen LogP contribution in [0.1, 0.15) is 10.5 Å². The summed E-state index contributed by atoms with van der Waals surface area (Å²) in [7, 11) is 1.57. The van der Waals surface area contributed by atoms with Crippen LogP contribution < -0.4 is 10.6 Å². The monoisotopic (exact) mass is 339 g/mol. The minimum atomic E-state index is -0.272. The molecule has 2 N–H and O–H groups in total. The number of anilines is 2. The molecule has 22 heavy (non-hydrogen) atoms.